The number of carbonyl (C=O) groups is 1. The van der Waals surface area contributed by atoms with Gasteiger partial charge >= 0.3 is 0 Å². The predicted molar refractivity (Wildman–Crippen MR) is 100 cm³/mol. The minimum atomic E-state index is -3.48. The summed E-state index contributed by atoms with van der Waals surface area (Å²) < 4.78 is 26.1. The van der Waals surface area contributed by atoms with Crippen LogP contribution in [0.5, 0.6) is 0 Å². The van der Waals surface area contributed by atoms with Crippen molar-refractivity contribution in [2.45, 2.75) is 17.6 Å². The Balaban J connectivity index is 1.78. The summed E-state index contributed by atoms with van der Waals surface area (Å²) in [7, 11) is -3.48. The molecule has 24 heavy (non-hydrogen) atoms. The number of hydrogen-bond donors (Lipinski definition) is 2. The van der Waals surface area contributed by atoms with E-state index in [0.717, 1.165) is 11.5 Å². The highest BCUT2D eigenvalue weighted by molar-refractivity contribution is 7.98. The Labute approximate surface area is 150 Å². The number of hydrogen-bond acceptors (Lipinski definition) is 5. The molecule has 1 aromatic heterocycles. The van der Waals surface area contributed by atoms with Crippen molar-refractivity contribution in [2.75, 3.05) is 18.8 Å². The number of nitrogens with one attached hydrogen (secondary N) is 2. The zero-order valence-corrected chi connectivity index (χ0v) is 15.8. The van der Waals surface area contributed by atoms with E-state index in [9.17, 15) is 13.2 Å². The molecule has 0 radical (unpaired) electrons. The van der Waals surface area contributed by atoms with Crippen LogP contribution in [-0.4, -0.2) is 33.2 Å². The van der Waals surface area contributed by atoms with E-state index in [4.69, 9.17) is 0 Å². The molecule has 0 atom stereocenters. The Morgan fingerprint density at radius 2 is 1.96 bits per heavy atom. The number of thiophene rings is 1. The maximum absolute atomic E-state index is 12.0. The lowest BCUT2D eigenvalue weighted by Crippen LogP contribution is -2.26. The van der Waals surface area contributed by atoms with Crippen LogP contribution in [0.1, 0.15) is 22.2 Å². The second kappa shape index (κ2) is 9.22. The molecular formula is C16H20N2O3S3. The van der Waals surface area contributed by atoms with Gasteiger partial charge in [0.2, 0.25) is 10.0 Å². The van der Waals surface area contributed by atoms with Gasteiger partial charge in [-0.05, 0) is 35.7 Å². The summed E-state index contributed by atoms with van der Waals surface area (Å²) in [5.74, 6) is 1.58. The average Bonchev–Trinajstić information content (AvgIpc) is 3.08. The highest BCUT2D eigenvalue weighted by Crippen LogP contribution is 2.16. The summed E-state index contributed by atoms with van der Waals surface area (Å²) in [4.78, 5) is 13.5. The third-order valence-corrected chi connectivity index (χ3v) is 6.75. The third-order valence-electron chi connectivity index (χ3n) is 3.12. The molecule has 0 saturated carbocycles. The van der Waals surface area contributed by atoms with Crippen LogP contribution in [-0.2, 0) is 15.8 Å². The van der Waals surface area contributed by atoms with Crippen molar-refractivity contribution in [3.05, 3.63) is 52.2 Å². The van der Waals surface area contributed by atoms with Crippen LogP contribution >= 0.6 is 23.1 Å². The van der Waals surface area contributed by atoms with Crippen LogP contribution in [0.25, 0.3) is 0 Å². The molecule has 0 unspecified atom stereocenters. The van der Waals surface area contributed by atoms with Crippen molar-refractivity contribution in [3.8, 4) is 0 Å². The fraction of sp³-hybridized carbons (Fsp3) is 0.312. The molecule has 2 aromatic rings. The fourth-order valence-corrected chi connectivity index (χ4v) is 4.71. The lowest BCUT2D eigenvalue weighted by atomic mass is 10.2. The molecule has 1 heterocycles. The first kappa shape index (κ1) is 19.0. The van der Waals surface area contributed by atoms with Crippen LogP contribution < -0.4 is 10.0 Å². The van der Waals surface area contributed by atoms with Gasteiger partial charge in [0.05, 0.1) is 4.90 Å². The maximum atomic E-state index is 12.0. The summed E-state index contributed by atoms with van der Waals surface area (Å²) in [6, 6.07) is 10.1. The molecular weight excluding hydrogens is 364 g/mol. The van der Waals surface area contributed by atoms with Gasteiger partial charge in [0.25, 0.3) is 5.91 Å². The van der Waals surface area contributed by atoms with Crippen LogP contribution in [0.2, 0.25) is 0 Å². The monoisotopic (exact) mass is 384 g/mol. The quantitative estimate of drug-likeness (QED) is 0.652. The zero-order valence-electron chi connectivity index (χ0n) is 13.3. The number of benzene rings is 1. The van der Waals surface area contributed by atoms with E-state index in [0.29, 0.717) is 18.7 Å². The van der Waals surface area contributed by atoms with E-state index >= 15 is 0 Å². The second-order valence-corrected chi connectivity index (χ2v) is 8.82. The molecule has 0 spiro atoms. The number of amides is 1. The molecule has 130 valence electrons. The van der Waals surface area contributed by atoms with E-state index < -0.39 is 10.0 Å². The lowest BCUT2D eigenvalue weighted by molar-refractivity contribution is 0.0956. The first-order chi connectivity index (χ1) is 11.5. The number of carbonyl (C=O) groups excluding carboxylic acids is 1. The minimum Gasteiger partial charge on any atom is -0.351 e. The molecule has 2 rings (SSSR count). The van der Waals surface area contributed by atoms with Gasteiger partial charge in [-0.1, -0.05) is 13.0 Å². The Morgan fingerprint density at radius 3 is 2.58 bits per heavy atom. The fourth-order valence-electron chi connectivity index (χ4n) is 1.97. The van der Waals surface area contributed by atoms with Crippen molar-refractivity contribution < 1.29 is 13.2 Å². The summed E-state index contributed by atoms with van der Waals surface area (Å²) in [6.07, 6.45) is 0. The first-order valence-corrected chi connectivity index (χ1v) is 11.0. The van der Waals surface area contributed by atoms with E-state index in [2.05, 4.69) is 21.5 Å². The average molecular weight is 385 g/mol. The highest BCUT2D eigenvalue weighted by atomic mass is 32.2. The molecule has 1 amide bonds. The summed E-state index contributed by atoms with van der Waals surface area (Å²) in [5, 5.41) is 4.89. The topological polar surface area (TPSA) is 75.3 Å². The van der Waals surface area contributed by atoms with Crippen molar-refractivity contribution in [3.63, 3.8) is 0 Å². The Kier molecular flexibility index (Phi) is 7.29. The zero-order chi connectivity index (χ0) is 17.4. The minimum absolute atomic E-state index is 0.160. The van der Waals surface area contributed by atoms with E-state index in [1.165, 1.54) is 29.1 Å². The predicted octanol–water partition coefficient (Wildman–Crippen LogP) is 2.71. The molecule has 8 heteroatoms. The normalized spacial score (nSPS) is 11.4. The Bertz CT molecular complexity index is 741. The molecule has 0 saturated heterocycles. The van der Waals surface area contributed by atoms with Gasteiger partial charge in [-0.15, -0.1) is 11.3 Å². The Morgan fingerprint density at radius 1 is 1.21 bits per heavy atom. The van der Waals surface area contributed by atoms with E-state index in [-0.39, 0.29) is 10.8 Å². The Hall–Kier alpha value is -1.35. The van der Waals surface area contributed by atoms with Crippen LogP contribution in [0.3, 0.4) is 0 Å². The largest absolute Gasteiger partial charge is 0.351 e. The van der Waals surface area contributed by atoms with Gasteiger partial charge in [-0.3, -0.25) is 4.79 Å². The molecule has 2 N–H and O–H groups in total. The van der Waals surface area contributed by atoms with Gasteiger partial charge in [0.1, 0.15) is 0 Å². The molecule has 1 aromatic carbocycles. The third kappa shape index (κ3) is 5.62. The molecule has 0 aliphatic rings. The molecule has 5 nitrogen and oxygen atoms in total. The van der Waals surface area contributed by atoms with Crippen molar-refractivity contribution in [1.82, 2.24) is 10.0 Å². The van der Waals surface area contributed by atoms with Gasteiger partial charge in [-0.25, -0.2) is 13.1 Å². The molecule has 0 fully saturated rings. The maximum Gasteiger partial charge on any atom is 0.251 e. The van der Waals surface area contributed by atoms with Crippen LogP contribution in [0.4, 0.5) is 0 Å². The molecule has 0 aliphatic heterocycles. The summed E-state index contributed by atoms with van der Waals surface area (Å²) in [6.45, 7) is 2.62. The van der Waals surface area contributed by atoms with Crippen molar-refractivity contribution >= 4 is 39.0 Å². The number of rotatable bonds is 9. The lowest BCUT2D eigenvalue weighted by Gasteiger charge is -2.07. The summed E-state index contributed by atoms with van der Waals surface area (Å²) in [5.41, 5.74) is 0.453. The van der Waals surface area contributed by atoms with Crippen molar-refractivity contribution in [1.29, 1.82) is 0 Å². The second-order valence-electron chi connectivity index (χ2n) is 4.91. The first-order valence-electron chi connectivity index (χ1n) is 7.51. The summed E-state index contributed by atoms with van der Waals surface area (Å²) >= 11 is 3.50. The standard InChI is InChI=1S/C16H20N2O3S3/c1-2-18-24(20,21)15-7-5-13(6-8-15)16(19)17-9-11-22-12-14-4-3-10-23-14/h3-8,10,18H,2,9,11-12H2,1H3,(H,17,19). The van der Waals surface area contributed by atoms with Gasteiger partial charge in [-0.2, -0.15) is 11.8 Å². The molecule has 0 aliphatic carbocycles. The van der Waals surface area contributed by atoms with Crippen LogP contribution in [0.15, 0.2) is 46.7 Å². The van der Waals surface area contributed by atoms with E-state index in [1.807, 2.05) is 6.07 Å². The van der Waals surface area contributed by atoms with Gasteiger partial charge in [0.15, 0.2) is 0 Å². The smallest absolute Gasteiger partial charge is 0.251 e. The van der Waals surface area contributed by atoms with Crippen molar-refractivity contribution in [2.24, 2.45) is 0 Å². The SMILES string of the molecule is CCNS(=O)(=O)c1ccc(C(=O)NCCSCc2cccs2)cc1. The highest BCUT2D eigenvalue weighted by Gasteiger charge is 2.13. The van der Waals surface area contributed by atoms with Gasteiger partial charge in [0, 0.05) is 35.0 Å². The van der Waals surface area contributed by atoms with E-state index in [1.54, 1.807) is 30.0 Å². The van der Waals surface area contributed by atoms with Crippen LogP contribution in [0, 0.1) is 0 Å². The number of sulfonamides is 1. The van der Waals surface area contributed by atoms with Gasteiger partial charge < -0.3 is 5.32 Å². The number of thioether (sulfide) groups is 1. The molecule has 0 bridgehead atoms.